The molecule has 1 aliphatic rings. The molecule has 3 heterocycles. The molecule has 118 valence electrons. The van der Waals surface area contributed by atoms with Crippen molar-refractivity contribution in [3.05, 3.63) is 48.9 Å². The van der Waals surface area contributed by atoms with Crippen LogP contribution in [-0.2, 0) is 4.74 Å². The predicted molar refractivity (Wildman–Crippen MR) is 89.6 cm³/mol. The van der Waals surface area contributed by atoms with Gasteiger partial charge < -0.3 is 19.8 Å². The number of nitrogens with zero attached hydrogens (tertiary/aromatic N) is 1. The van der Waals surface area contributed by atoms with Crippen molar-refractivity contribution < 1.29 is 9.47 Å². The Labute approximate surface area is 134 Å². The normalized spacial score (nSPS) is 18.2. The standard InChI is InChI=1S/C18H19N3O2/c1-2-16-17(21-4-1)8-14(13-3-5-19-10-13)9-18(16)23-12-15-11-20-6-7-22-15/h1-5,8-10,15,19-20H,6-7,11-12H2/t15-/m0/s1. The second-order valence-electron chi connectivity index (χ2n) is 5.65. The molecule has 0 amide bonds. The molecule has 1 atom stereocenters. The second-order valence-corrected chi connectivity index (χ2v) is 5.65. The lowest BCUT2D eigenvalue weighted by molar-refractivity contribution is 0.000518. The minimum Gasteiger partial charge on any atom is -0.490 e. The number of aromatic amines is 1. The summed E-state index contributed by atoms with van der Waals surface area (Å²) in [5, 5.41) is 4.34. The highest BCUT2D eigenvalue weighted by Gasteiger charge is 2.15. The summed E-state index contributed by atoms with van der Waals surface area (Å²) in [4.78, 5) is 7.56. The number of aromatic nitrogens is 2. The van der Waals surface area contributed by atoms with E-state index in [2.05, 4.69) is 27.4 Å². The summed E-state index contributed by atoms with van der Waals surface area (Å²) in [6.45, 7) is 3.01. The molecule has 0 spiro atoms. The number of pyridine rings is 1. The Bertz CT molecular complexity index is 780. The van der Waals surface area contributed by atoms with E-state index in [1.807, 2.05) is 30.6 Å². The molecule has 1 fully saturated rings. The van der Waals surface area contributed by atoms with Crippen LogP contribution in [0.3, 0.4) is 0 Å². The van der Waals surface area contributed by atoms with Crippen LogP contribution in [0.15, 0.2) is 48.9 Å². The minimum absolute atomic E-state index is 0.0892. The van der Waals surface area contributed by atoms with Crippen molar-refractivity contribution in [3.63, 3.8) is 0 Å². The number of nitrogens with one attached hydrogen (secondary N) is 2. The fraction of sp³-hybridized carbons (Fsp3) is 0.278. The van der Waals surface area contributed by atoms with E-state index in [-0.39, 0.29) is 6.10 Å². The summed E-state index contributed by atoms with van der Waals surface area (Å²) in [5.74, 6) is 0.848. The van der Waals surface area contributed by atoms with Gasteiger partial charge in [-0.15, -0.1) is 0 Å². The summed E-state index contributed by atoms with van der Waals surface area (Å²) in [5.41, 5.74) is 3.15. The van der Waals surface area contributed by atoms with Gasteiger partial charge in [-0.05, 0) is 41.5 Å². The maximum atomic E-state index is 6.08. The molecule has 0 unspecified atom stereocenters. The number of hydrogen-bond donors (Lipinski definition) is 2. The molecular weight excluding hydrogens is 290 g/mol. The van der Waals surface area contributed by atoms with Crippen molar-refractivity contribution in [3.8, 4) is 16.9 Å². The molecular formula is C18H19N3O2. The molecule has 4 rings (SSSR count). The van der Waals surface area contributed by atoms with Crippen LogP contribution in [0.25, 0.3) is 22.0 Å². The second kappa shape index (κ2) is 6.40. The van der Waals surface area contributed by atoms with Crippen molar-refractivity contribution in [2.24, 2.45) is 0 Å². The van der Waals surface area contributed by atoms with E-state index in [0.717, 1.165) is 47.5 Å². The molecule has 0 bridgehead atoms. The molecule has 0 radical (unpaired) electrons. The van der Waals surface area contributed by atoms with Gasteiger partial charge in [0, 0.05) is 37.1 Å². The number of morpholine rings is 1. The summed E-state index contributed by atoms with van der Waals surface area (Å²) >= 11 is 0. The molecule has 5 heteroatoms. The third kappa shape index (κ3) is 3.06. The zero-order valence-electron chi connectivity index (χ0n) is 12.8. The molecule has 1 saturated heterocycles. The number of ether oxygens (including phenoxy) is 2. The summed E-state index contributed by atoms with van der Waals surface area (Å²) < 4.78 is 11.8. The Morgan fingerprint density at radius 3 is 3.09 bits per heavy atom. The zero-order chi connectivity index (χ0) is 15.5. The molecule has 0 aliphatic carbocycles. The lowest BCUT2D eigenvalue weighted by Crippen LogP contribution is -2.41. The Morgan fingerprint density at radius 1 is 1.26 bits per heavy atom. The van der Waals surface area contributed by atoms with Gasteiger partial charge in [0.15, 0.2) is 0 Å². The molecule has 1 aromatic carbocycles. The number of H-pyrrole nitrogens is 1. The molecule has 5 nitrogen and oxygen atoms in total. The average Bonchev–Trinajstić information content (AvgIpc) is 3.15. The van der Waals surface area contributed by atoms with E-state index in [4.69, 9.17) is 9.47 Å². The topological polar surface area (TPSA) is 59.2 Å². The first-order chi connectivity index (χ1) is 11.4. The van der Waals surface area contributed by atoms with Crippen LogP contribution < -0.4 is 10.1 Å². The first kappa shape index (κ1) is 14.2. The van der Waals surface area contributed by atoms with Crippen molar-refractivity contribution in [1.29, 1.82) is 0 Å². The van der Waals surface area contributed by atoms with Gasteiger partial charge in [-0.2, -0.15) is 0 Å². The van der Waals surface area contributed by atoms with Crippen LogP contribution in [-0.4, -0.2) is 42.4 Å². The lowest BCUT2D eigenvalue weighted by Gasteiger charge is -2.24. The number of hydrogen-bond acceptors (Lipinski definition) is 4. The fourth-order valence-corrected chi connectivity index (χ4v) is 2.85. The monoisotopic (exact) mass is 309 g/mol. The maximum absolute atomic E-state index is 6.08. The molecule has 2 N–H and O–H groups in total. The lowest BCUT2D eigenvalue weighted by atomic mass is 10.1. The van der Waals surface area contributed by atoms with E-state index in [1.54, 1.807) is 6.20 Å². The highest BCUT2D eigenvalue weighted by molar-refractivity contribution is 5.89. The average molecular weight is 309 g/mol. The molecule has 0 saturated carbocycles. The van der Waals surface area contributed by atoms with Crippen LogP contribution >= 0.6 is 0 Å². The van der Waals surface area contributed by atoms with Crippen molar-refractivity contribution in [2.45, 2.75) is 6.10 Å². The van der Waals surface area contributed by atoms with Gasteiger partial charge in [0.2, 0.25) is 0 Å². The van der Waals surface area contributed by atoms with E-state index in [1.165, 1.54) is 0 Å². The van der Waals surface area contributed by atoms with Crippen molar-refractivity contribution in [2.75, 3.05) is 26.3 Å². The van der Waals surface area contributed by atoms with Gasteiger partial charge in [0.1, 0.15) is 18.5 Å². The Morgan fingerprint density at radius 2 is 2.26 bits per heavy atom. The highest BCUT2D eigenvalue weighted by Crippen LogP contribution is 2.31. The smallest absolute Gasteiger partial charge is 0.129 e. The van der Waals surface area contributed by atoms with Crippen LogP contribution in [0.5, 0.6) is 5.75 Å². The Hall–Kier alpha value is -2.37. The first-order valence-electron chi connectivity index (χ1n) is 7.87. The number of fused-ring (bicyclic) bond motifs is 1. The van der Waals surface area contributed by atoms with Crippen LogP contribution in [0.1, 0.15) is 0 Å². The van der Waals surface area contributed by atoms with Crippen LogP contribution in [0, 0.1) is 0 Å². The molecule has 23 heavy (non-hydrogen) atoms. The minimum atomic E-state index is 0.0892. The third-order valence-corrected chi connectivity index (χ3v) is 4.04. The molecule has 3 aromatic rings. The van der Waals surface area contributed by atoms with Crippen molar-refractivity contribution in [1.82, 2.24) is 15.3 Å². The van der Waals surface area contributed by atoms with Gasteiger partial charge in [-0.25, -0.2) is 0 Å². The van der Waals surface area contributed by atoms with Crippen LogP contribution in [0.2, 0.25) is 0 Å². The molecule has 2 aromatic heterocycles. The largest absolute Gasteiger partial charge is 0.490 e. The van der Waals surface area contributed by atoms with E-state index in [0.29, 0.717) is 6.61 Å². The quantitative estimate of drug-likeness (QED) is 0.778. The Balaban J connectivity index is 1.66. The third-order valence-electron chi connectivity index (χ3n) is 4.04. The van der Waals surface area contributed by atoms with Crippen molar-refractivity contribution >= 4 is 10.9 Å². The van der Waals surface area contributed by atoms with Gasteiger partial charge in [-0.3, -0.25) is 4.98 Å². The fourth-order valence-electron chi connectivity index (χ4n) is 2.85. The van der Waals surface area contributed by atoms with Gasteiger partial charge in [-0.1, -0.05) is 0 Å². The molecule has 1 aliphatic heterocycles. The number of rotatable bonds is 4. The van der Waals surface area contributed by atoms with Gasteiger partial charge in [0.25, 0.3) is 0 Å². The highest BCUT2D eigenvalue weighted by atomic mass is 16.5. The van der Waals surface area contributed by atoms with Gasteiger partial charge >= 0.3 is 0 Å². The first-order valence-corrected chi connectivity index (χ1v) is 7.87. The maximum Gasteiger partial charge on any atom is 0.129 e. The SMILES string of the molecule is c1cnc2cc(-c3cc[nH]c3)cc(OC[C@@H]3CNCCO3)c2c1. The Kier molecular flexibility index (Phi) is 3.96. The van der Waals surface area contributed by atoms with E-state index >= 15 is 0 Å². The van der Waals surface area contributed by atoms with E-state index in [9.17, 15) is 0 Å². The predicted octanol–water partition coefficient (Wildman–Crippen LogP) is 2.60. The zero-order valence-corrected chi connectivity index (χ0v) is 12.8. The van der Waals surface area contributed by atoms with Crippen LogP contribution in [0.4, 0.5) is 0 Å². The summed E-state index contributed by atoms with van der Waals surface area (Å²) in [7, 11) is 0. The summed E-state index contributed by atoms with van der Waals surface area (Å²) in [6.07, 6.45) is 5.79. The van der Waals surface area contributed by atoms with Gasteiger partial charge in [0.05, 0.1) is 12.1 Å². The number of benzene rings is 1. The van der Waals surface area contributed by atoms with E-state index < -0.39 is 0 Å². The summed E-state index contributed by atoms with van der Waals surface area (Å²) in [6, 6.07) is 10.2.